The van der Waals surface area contributed by atoms with Crippen molar-refractivity contribution in [2.24, 2.45) is 0 Å². The molecule has 1 aliphatic rings. The molecule has 1 aromatic rings. The Morgan fingerprint density at radius 2 is 1.78 bits per heavy atom. The molecule has 0 spiro atoms. The highest BCUT2D eigenvalue weighted by Gasteiger charge is 2.41. The Balaban J connectivity index is 2.21. The van der Waals surface area contributed by atoms with Gasteiger partial charge < -0.3 is 4.74 Å². The first-order valence-corrected chi connectivity index (χ1v) is 5.60. The third-order valence-corrected chi connectivity index (χ3v) is 2.99. The van der Waals surface area contributed by atoms with Gasteiger partial charge in [0, 0.05) is 19.2 Å². The number of ether oxygens (including phenoxy) is 1. The predicted molar refractivity (Wildman–Crippen MR) is 57.4 cm³/mol. The van der Waals surface area contributed by atoms with Crippen molar-refractivity contribution in [2.75, 3.05) is 19.6 Å². The zero-order valence-electron chi connectivity index (χ0n) is 10.1. The minimum Gasteiger partial charge on any atom is -0.482 e. The lowest BCUT2D eigenvalue weighted by atomic mass is 9.96. The van der Waals surface area contributed by atoms with Crippen molar-refractivity contribution in [3.05, 3.63) is 29.3 Å². The van der Waals surface area contributed by atoms with Crippen molar-refractivity contribution in [3.63, 3.8) is 0 Å². The molecule has 100 valence electrons. The van der Waals surface area contributed by atoms with E-state index in [1.165, 1.54) is 0 Å². The Labute approximate surface area is 102 Å². The van der Waals surface area contributed by atoms with Crippen LogP contribution in [0.3, 0.4) is 0 Å². The number of hydrogen-bond acceptors (Lipinski definition) is 2. The zero-order valence-corrected chi connectivity index (χ0v) is 10.1. The highest BCUT2D eigenvalue weighted by molar-refractivity contribution is 5.28. The van der Waals surface area contributed by atoms with Crippen LogP contribution in [0, 0.1) is 23.3 Å². The Morgan fingerprint density at radius 3 is 2.33 bits per heavy atom. The van der Waals surface area contributed by atoms with E-state index in [1.54, 1.807) is 6.92 Å². The van der Waals surface area contributed by atoms with Crippen molar-refractivity contribution >= 4 is 0 Å². The van der Waals surface area contributed by atoms with Crippen molar-refractivity contribution in [3.8, 4) is 5.75 Å². The topological polar surface area (TPSA) is 12.5 Å². The molecule has 1 heterocycles. The molecule has 2 nitrogen and oxygen atoms in total. The summed E-state index contributed by atoms with van der Waals surface area (Å²) < 4.78 is 57.4. The second kappa shape index (κ2) is 4.42. The van der Waals surface area contributed by atoms with E-state index >= 15 is 0 Å². The molecule has 0 aliphatic carbocycles. The van der Waals surface area contributed by atoms with Gasteiger partial charge in [0.1, 0.15) is 5.60 Å². The summed E-state index contributed by atoms with van der Waals surface area (Å²) in [6.45, 7) is 5.54. The van der Waals surface area contributed by atoms with E-state index in [0.717, 1.165) is 6.54 Å². The molecule has 2 rings (SSSR count). The summed E-state index contributed by atoms with van der Waals surface area (Å²) in [5, 5.41) is 0. The summed E-state index contributed by atoms with van der Waals surface area (Å²) in [4.78, 5) is 2.02. The quantitative estimate of drug-likeness (QED) is 0.472. The molecule has 0 bridgehead atoms. The summed E-state index contributed by atoms with van der Waals surface area (Å²) >= 11 is 0. The largest absolute Gasteiger partial charge is 0.482 e. The van der Waals surface area contributed by atoms with Crippen LogP contribution in [-0.4, -0.2) is 30.1 Å². The summed E-state index contributed by atoms with van der Waals surface area (Å²) in [7, 11) is 0. The Morgan fingerprint density at radius 1 is 1.17 bits per heavy atom. The van der Waals surface area contributed by atoms with Crippen LogP contribution in [-0.2, 0) is 0 Å². The third kappa shape index (κ3) is 2.16. The van der Waals surface area contributed by atoms with Crippen LogP contribution < -0.4 is 4.74 Å². The van der Waals surface area contributed by atoms with Gasteiger partial charge in [-0.1, -0.05) is 6.92 Å². The lowest BCUT2D eigenvalue weighted by Crippen LogP contribution is -2.62. The molecular weight excluding hydrogens is 250 g/mol. The van der Waals surface area contributed by atoms with E-state index in [0.29, 0.717) is 19.2 Å². The number of likely N-dealkylation sites (N-methyl/N-ethyl adjacent to an activating group) is 1. The summed E-state index contributed by atoms with van der Waals surface area (Å²) in [5.41, 5.74) is -0.701. The van der Waals surface area contributed by atoms with Gasteiger partial charge in [0.05, 0.1) is 0 Å². The van der Waals surface area contributed by atoms with E-state index in [-0.39, 0.29) is 0 Å². The van der Waals surface area contributed by atoms with Crippen LogP contribution in [0.2, 0.25) is 0 Å². The van der Waals surface area contributed by atoms with Gasteiger partial charge >= 0.3 is 0 Å². The van der Waals surface area contributed by atoms with Crippen LogP contribution in [0.15, 0.2) is 6.07 Å². The lowest BCUT2D eigenvalue weighted by Gasteiger charge is -2.47. The number of benzene rings is 1. The molecule has 18 heavy (non-hydrogen) atoms. The Kier molecular flexibility index (Phi) is 3.23. The van der Waals surface area contributed by atoms with E-state index in [4.69, 9.17) is 4.74 Å². The van der Waals surface area contributed by atoms with Gasteiger partial charge in [0.25, 0.3) is 0 Å². The van der Waals surface area contributed by atoms with Crippen LogP contribution in [0.4, 0.5) is 17.6 Å². The van der Waals surface area contributed by atoms with Crippen molar-refractivity contribution in [1.82, 2.24) is 4.90 Å². The maximum absolute atomic E-state index is 13.4. The van der Waals surface area contributed by atoms with Crippen LogP contribution in [0.25, 0.3) is 0 Å². The molecule has 0 radical (unpaired) electrons. The maximum atomic E-state index is 13.4. The number of rotatable bonds is 3. The predicted octanol–water partition coefficient (Wildman–Crippen LogP) is 2.72. The number of likely N-dealkylation sites (tertiary alicyclic amines) is 1. The minimum atomic E-state index is -1.85. The van der Waals surface area contributed by atoms with Gasteiger partial charge in [-0.2, -0.15) is 4.39 Å². The molecule has 0 aromatic heterocycles. The maximum Gasteiger partial charge on any atom is 0.203 e. The Bertz CT molecular complexity index is 472. The van der Waals surface area contributed by atoms with Crippen molar-refractivity contribution in [1.29, 1.82) is 0 Å². The lowest BCUT2D eigenvalue weighted by molar-refractivity contribution is -0.0630. The van der Waals surface area contributed by atoms with Crippen LogP contribution in [0.1, 0.15) is 13.8 Å². The third-order valence-electron chi connectivity index (χ3n) is 2.99. The number of nitrogens with zero attached hydrogens (tertiary/aromatic N) is 1. The molecule has 0 unspecified atom stereocenters. The smallest absolute Gasteiger partial charge is 0.203 e. The second-order valence-corrected chi connectivity index (χ2v) is 4.65. The van der Waals surface area contributed by atoms with Crippen LogP contribution in [0.5, 0.6) is 5.75 Å². The monoisotopic (exact) mass is 263 g/mol. The summed E-state index contributed by atoms with van der Waals surface area (Å²) in [6.07, 6.45) is 0. The summed E-state index contributed by atoms with van der Waals surface area (Å²) in [5.74, 6) is -7.22. The van der Waals surface area contributed by atoms with Crippen molar-refractivity contribution in [2.45, 2.75) is 19.4 Å². The van der Waals surface area contributed by atoms with E-state index in [9.17, 15) is 17.6 Å². The van der Waals surface area contributed by atoms with Gasteiger partial charge in [-0.15, -0.1) is 0 Å². The molecule has 1 saturated heterocycles. The number of hydrogen-bond donors (Lipinski definition) is 0. The normalized spacial score (nSPS) is 18.6. The fourth-order valence-electron chi connectivity index (χ4n) is 2.08. The van der Waals surface area contributed by atoms with Gasteiger partial charge in [-0.05, 0) is 13.5 Å². The van der Waals surface area contributed by atoms with Crippen molar-refractivity contribution < 1.29 is 22.3 Å². The molecule has 1 aromatic carbocycles. The average Bonchev–Trinajstić information content (AvgIpc) is 2.30. The number of halogens is 4. The molecule has 0 amide bonds. The van der Waals surface area contributed by atoms with Gasteiger partial charge in [-0.3, -0.25) is 4.90 Å². The molecule has 0 N–H and O–H groups in total. The average molecular weight is 263 g/mol. The fourth-order valence-corrected chi connectivity index (χ4v) is 2.08. The van der Waals surface area contributed by atoms with Crippen LogP contribution >= 0.6 is 0 Å². The van der Waals surface area contributed by atoms with Gasteiger partial charge in [-0.25, -0.2) is 13.2 Å². The molecule has 1 fully saturated rings. The SMILES string of the molecule is CCN1CC(C)(Oc2cc(F)c(F)c(F)c2F)C1. The zero-order chi connectivity index (χ0) is 13.5. The summed E-state index contributed by atoms with van der Waals surface area (Å²) in [6, 6.07) is 0.535. The first-order chi connectivity index (χ1) is 8.36. The highest BCUT2D eigenvalue weighted by Crippen LogP contribution is 2.31. The van der Waals surface area contributed by atoms with E-state index in [2.05, 4.69) is 0 Å². The molecule has 0 atom stereocenters. The molecule has 0 saturated carbocycles. The Hall–Kier alpha value is -1.30. The highest BCUT2D eigenvalue weighted by atomic mass is 19.2. The minimum absolute atomic E-state index is 0.531. The van der Waals surface area contributed by atoms with Gasteiger partial charge in [0.2, 0.25) is 11.6 Å². The standard InChI is InChI=1S/C12H13F4NO/c1-3-17-5-12(2,6-17)18-8-4-7(13)9(14)11(16)10(8)15/h4H,3,5-6H2,1-2H3. The van der Waals surface area contributed by atoms with Gasteiger partial charge in [0.15, 0.2) is 17.4 Å². The van der Waals surface area contributed by atoms with E-state index < -0.39 is 34.6 Å². The first-order valence-electron chi connectivity index (χ1n) is 5.60. The molecule has 1 aliphatic heterocycles. The fraction of sp³-hybridized carbons (Fsp3) is 0.500. The molecular formula is C12H13F4NO. The second-order valence-electron chi connectivity index (χ2n) is 4.65. The molecule has 6 heteroatoms. The van der Waals surface area contributed by atoms with E-state index in [1.807, 2.05) is 11.8 Å². The first kappa shape index (κ1) is 13.1.